The molecule has 8 heteroatoms. The second-order valence-corrected chi connectivity index (χ2v) is 8.29. The highest BCUT2D eigenvalue weighted by molar-refractivity contribution is 5.87. The van der Waals surface area contributed by atoms with Gasteiger partial charge in [0.1, 0.15) is 18.1 Å². The largest absolute Gasteiger partial charge is 0.493 e. The first-order chi connectivity index (χ1) is 16.1. The van der Waals surface area contributed by atoms with Crippen molar-refractivity contribution in [3.8, 4) is 22.6 Å². The lowest BCUT2D eigenvalue weighted by molar-refractivity contribution is -0.160. The van der Waals surface area contributed by atoms with Crippen molar-refractivity contribution in [3.63, 3.8) is 0 Å². The van der Waals surface area contributed by atoms with E-state index in [4.69, 9.17) is 9.47 Å². The third-order valence-corrected chi connectivity index (χ3v) is 5.81. The van der Waals surface area contributed by atoms with E-state index in [9.17, 15) is 28.2 Å². The van der Waals surface area contributed by atoms with Crippen molar-refractivity contribution in [2.75, 3.05) is 6.61 Å². The van der Waals surface area contributed by atoms with Crippen molar-refractivity contribution < 1.29 is 37.7 Å². The Kier molecular flexibility index (Phi) is 6.27. The van der Waals surface area contributed by atoms with Gasteiger partial charge in [-0.25, -0.2) is 4.79 Å². The number of aryl methyl sites for hydroxylation is 1. The van der Waals surface area contributed by atoms with Gasteiger partial charge in [-0.3, -0.25) is 0 Å². The van der Waals surface area contributed by atoms with Gasteiger partial charge in [-0.1, -0.05) is 36.4 Å². The summed E-state index contributed by atoms with van der Waals surface area (Å²) in [4.78, 5) is 11.9. The summed E-state index contributed by atoms with van der Waals surface area (Å²) >= 11 is 0. The van der Waals surface area contributed by atoms with Gasteiger partial charge in [0.05, 0.1) is 12.2 Å². The van der Waals surface area contributed by atoms with Crippen molar-refractivity contribution in [2.45, 2.75) is 38.1 Å². The number of benzene rings is 3. The van der Waals surface area contributed by atoms with Crippen molar-refractivity contribution in [1.82, 2.24) is 0 Å². The zero-order valence-corrected chi connectivity index (χ0v) is 18.4. The summed E-state index contributed by atoms with van der Waals surface area (Å²) in [6.07, 6.45) is -3.50. The molecule has 2 N–H and O–H groups in total. The Morgan fingerprint density at radius 1 is 1.09 bits per heavy atom. The predicted molar refractivity (Wildman–Crippen MR) is 119 cm³/mol. The molecule has 3 aromatic carbocycles. The maximum absolute atomic E-state index is 14.0. The maximum atomic E-state index is 14.0. The minimum Gasteiger partial charge on any atom is -0.493 e. The van der Waals surface area contributed by atoms with E-state index in [0.29, 0.717) is 24.3 Å². The molecule has 0 saturated carbocycles. The molecule has 1 heterocycles. The smallest absolute Gasteiger partial charge is 0.416 e. The van der Waals surface area contributed by atoms with Gasteiger partial charge in [-0.05, 0) is 60.7 Å². The number of aliphatic hydroxyl groups is 1. The third-order valence-electron chi connectivity index (χ3n) is 5.81. The summed E-state index contributed by atoms with van der Waals surface area (Å²) in [6.45, 7) is 1.42. The number of rotatable bonds is 6. The van der Waals surface area contributed by atoms with E-state index >= 15 is 0 Å². The number of carbonyl (C=O) groups is 1. The summed E-state index contributed by atoms with van der Waals surface area (Å²) in [7, 11) is 0. The Morgan fingerprint density at radius 3 is 2.50 bits per heavy atom. The van der Waals surface area contributed by atoms with Gasteiger partial charge in [0.2, 0.25) is 0 Å². The first-order valence-electron chi connectivity index (χ1n) is 10.7. The monoisotopic (exact) mass is 472 g/mol. The molecule has 4 rings (SSSR count). The summed E-state index contributed by atoms with van der Waals surface area (Å²) in [6, 6.07) is 15.8. The SMILES string of the molecule is CC(O)(C(=O)O)c1c(C(F)(F)F)ccc(OCc2ccccc2)c1-c1ccc2c(c1)CCCO2. The zero-order valence-electron chi connectivity index (χ0n) is 18.4. The molecular weight excluding hydrogens is 449 g/mol. The lowest BCUT2D eigenvalue weighted by Crippen LogP contribution is -2.35. The average molecular weight is 472 g/mol. The number of hydrogen-bond donors (Lipinski definition) is 2. The lowest BCUT2D eigenvalue weighted by atomic mass is 9.83. The number of fused-ring (bicyclic) bond motifs is 1. The van der Waals surface area contributed by atoms with Gasteiger partial charge in [0.25, 0.3) is 0 Å². The van der Waals surface area contributed by atoms with Crippen molar-refractivity contribution in [3.05, 3.63) is 82.9 Å². The summed E-state index contributed by atoms with van der Waals surface area (Å²) in [5.74, 6) is -1.15. The zero-order chi connectivity index (χ0) is 24.5. The van der Waals surface area contributed by atoms with Gasteiger partial charge in [-0.15, -0.1) is 0 Å². The van der Waals surface area contributed by atoms with Crippen LogP contribution < -0.4 is 9.47 Å². The van der Waals surface area contributed by atoms with Gasteiger partial charge in [0.15, 0.2) is 5.60 Å². The summed E-state index contributed by atoms with van der Waals surface area (Å²) in [5.41, 5.74) is -3.10. The molecule has 3 aromatic rings. The molecule has 178 valence electrons. The second kappa shape index (κ2) is 9.02. The average Bonchev–Trinajstić information content (AvgIpc) is 2.81. The van der Waals surface area contributed by atoms with Crippen molar-refractivity contribution in [2.24, 2.45) is 0 Å². The van der Waals surface area contributed by atoms with Crippen molar-refractivity contribution in [1.29, 1.82) is 0 Å². The molecule has 0 aliphatic carbocycles. The van der Waals surface area contributed by atoms with Gasteiger partial charge in [-0.2, -0.15) is 13.2 Å². The third kappa shape index (κ3) is 4.59. The minimum atomic E-state index is -4.90. The Balaban J connectivity index is 1.96. The first kappa shape index (κ1) is 23.6. The maximum Gasteiger partial charge on any atom is 0.416 e. The van der Waals surface area contributed by atoms with Crippen LogP contribution in [0.25, 0.3) is 11.1 Å². The highest BCUT2D eigenvalue weighted by atomic mass is 19.4. The van der Waals surface area contributed by atoms with Crippen LogP contribution in [-0.4, -0.2) is 22.8 Å². The molecule has 0 saturated heterocycles. The Morgan fingerprint density at radius 2 is 1.82 bits per heavy atom. The first-order valence-corrected chi connectivity index (χ1v) is 10.7. The number of halogens is 3. The van der Waals surface area contributed by atoms with E-state index < -0.39 is 28.9 Å². The Bertz CT molecular complexity index is 1200. The van der Waals surface area contributed by atoms with Crippen LogP contribution in [0, 0.1) is 0 Å². The van der Waals surface area contributed by atoms with E-state index in [0.717, 1.165) is 30.5 Å². The molecule has 1 aliphatic heterocycles. The minimum absolute atomic E-state index is 0.0325. The molecule has 0 spiro atoms. The lowest BCUT2D eigenvalue weighted by Gasteiger charge is -2.28. The van der Waals surface area contributed by atoms with Crippen LogP contribution in [0.15, 0.2) is 60.7 Å². The Labute approximate surface area is 194 Å². The molecule has 0 fully saturated rings. The van der Waals surface area contributed by atoms with Crippen LogP contribution in [0.2, 0.25) is 0 Å². The highest BCUT2D eigenvalue weighted by Gasteiger charge is 2.45. The normalized spacial score (nSPS) is 15.1. The Hall–Kier alpha value is -3.52. The number of aliphatic carboxylic acids is 1. The summed E-state index contributed by atoms with van der Waals surface area (Å²) < 4.78 is 53.6. The molecule has 1 unspecified atom stereocenters. The molecule has 0 aromatic heterocycles. The van der Waals surface area contributed by atoms with Crippen LogP contribution in [0.5, 0.6) is 11.5 Å². The molecule has 0 radical (unpaired) electrons. The van der Waals surface area contributed by atoms with E-state index in [2.05, 4.69) is 0 Å². The molecule has 1 atom stereocenters. The van der Waals surface area contributed by atoms with Gasteiger partial charge < -0.3 is 19.7 Å². The molecular formula is C26H23F3O5. The quantitative estimate of drug-likeness (QED) is 0.491. The molecule has 0 amide bonds. The van der Waals surface area contributed by atoms with Crippen molar-refractivity contribution >= 4 is 5.97 Å². The fourth-order valence-electron chi connectivity index (χ4n) is 4.09. The van der Waals surface area contributed by atoms with E-state index in [1.807, 2.05) is 6.07 Å². The van der Waals surface area contributed by atoms with E-state index in [-0.39, 0.29) is 17.9 Å². The second-order valence-electron chi connectivity index (χ2n) is 8.29. The molecule has 1 aliphatic rings. The number of hydrogen-bond acceptors (Lipinski definition) is 4. The molecule has 0 bridgehead atoms. The van der Waals surface area contributed by atoms with E-state index in [1.165, 1.54) is 6.07 Å². The number of ether oxygens (including phenoxy) is 2. The highest BCUT2D eigenvalue weighted by Crippen LogP contribution is 2.47. The fourth-order valence-corrected chi connectivity index (χ4v) is 4.09. The summed E-state index contributed by atoms with van der Waals surface area (Å²) in [5, 5.41) is 20.5. The molecule has 5 nitrogen and oxygen atoms in total. The van der Waals surface area contributed by atoms with Gasteiger partial charge >= 0.3 is 12.1 Å². The van der Waals surface area contributed by atoms with Crippen LogP contribution >= 0.6 is 0 Å². The molecule has 34 heavy (non-hydrogen) atoms. The number of carboxylic acid groups (broad SMARTS) is 1. The van der Waals surface area contributed by atoms with Gasteiger partial charge in [0, 0.05) is 11.1 Å². The van der Waals surface area contributed by atoms with Crippen LogP contribution in [0.1, 0.15) is 35.6 Å². The van der Waals surface area contributed by atoms with E-state index in [1.54, 1.807) is 42.5 Å². The topological polar surface area (TPSA) is 76.0 Å². The van der Waals surface area contributed by atoms with Crippen LogP contribution in [-0.2, 0) is 29.6 Å². The number of carboxylic acids is 1. The van der Waals surface area contributed by atoms with Crippen LogP contribution in [0.3, 0.4) is 0 Å². The number of alkyl halides is 3. The predicted octanol–water partition coefficient (Wildman–Crippen LogP) is 5.57. The standard InChI is InChI=1S/C26H23F3O5/c1-25(32,24(30)31)23-19(26(27,28)29)10-12-21(34-15-16-6-3-2-4-7-16)22(23)18-9-11-20-17(14-18)8-5-13-33-20/h2-4,6-7,9-12,14,32H,5,8,13,15H2,1H3,(H,30,31). The fraction of sp³-hybridized carbons (Fsp3) is 0.269. The van der Waals surface area contributed by atoms with Crippen LogP contribution in [0.4, 0.5) is 13.2 Å².